The minimum absolute atomic E-state index is 0.270. The molecule has 1 saturated heterocycles. The number of hydrogen-bond acceptors (Lipinski definition) is 7. The predicted molar refractivity (Wildman–Crippen MR) is 151 cm³/mol. The van der Waals surface area contributed by atoms with Gasteiger partial charge in [-0.25, -0.2) is 19.6 Å². The molecule has 0 atom stereocenters. The van der Waals surface area contributed by atoms with Gasteiger partial charge in [-0.05, 0) is 68.0 Å². The first-order chi connectivity index (χ1) is 21.4. The Morgan fingerprint density at radius 2 is 1.33 bits per heavy atom. The zero-order valence-corrected chi connectivity index (χ0v) is 24.8. The molecule has 10 nitrogen and oxygen atoms in total. The van der Waals surface area contributed by atoms with Crippen molar-refractivity contribution in [2.75, 3.05) is 18.0 Å². The summed E-state index contributed by atoms with van der Waals surface area (Å²) in [6, 6.07) is 14.5. The number of alkyl halides is 6. The summed E-state index contributed by atoms with van der Waals surface area (Å²) in [5.74, 6) is -4.46. The van der Waals surface area contributed by atoms with E-state index in [1.807, 2.05) is 36.9 Å². The van der Waals surface area contributed by atoms with E-state index in [2.05, 4.69) is 44.1 Å². The third kappa shape index (κ3) is 9.62. The van der Waals surface area contributed by atoms with Crippen LogP contribution in [0.4, 0.5) is 32.3 Å². The monoisotopic (exact) mass is 655 g/mol. The number of carboxylic acids is 2. The molecule has 5 rings (SSSR count). The molecule has 2 aliphatic heterocycles. The van der Waals surface area contributed by atoms with E-state index in [-0.39, 0.29) is 11.3 Å². The first kappa shape index (κ1) is 35.7. The molecule has 2 aromatic heterocycles. The molecule has 1 aromatic carbocycles. The van der Waals surface area contributed by atoms with Crippen molar-refractivity contribution in [3.05, 3.63) is 82.9 Å². The molecule has 46 heavy (non-hydrogen) atoms. The quantitative estimate of drug-likeness (QED) is 0.368. The molecule has 0 radical (unpaired) electrons. The second-order valence-electron chi connectivity index (χ2n) is 10.8. The molecule has 0 bridgehead atoms. The molecule has 2 N–H and O–H groups in total. The van der Waals surface area contributed by atoms with E-state index in [1.165, 1.54) is 11.1 Å². The van der Waals surface area contributed by atoms with Crippen molar-refractivity contribution in [2.24, 2.45) is 5.41 Å². The maximum absolute atomic E-state index is 14.0. The van der Waals surface area contributed by atoms with E-state index < -0.39 is 24.3 Å². The number of benzene rings is 1. The van der Waals surface area contributed by atoms with E-state index >= 15 is 0 Å². The average molecular weight is 656 g/mol. The largest absolute Gasteiger partial charge is 0.490 e. The number of amides is 1. The van der Waals surface area contributed by atoms with Gasteiger partial charge in [-0.15, -0.1) is 0 Å². The lowest BCUT2D eigenvalue weighted by atomic mass is 9.73. The minimum Gasteiger partial charge on any atom is -0.475 e. The molecule has 3 aromatic rings. The van der Waals surface area contributed by atoms with Crippen LogP contribution >= 0.6 is 0 Å². The van der Waals surface area contributed by atoms with Crippen molar-refractivity contribution < 1.29 is 50.9 Å². The van der Waals surface area contributed by atoms with Gasteiger partial charge in [0.2, 0.25) is 11.9 Å². The van der Waals surface area contributed by atoms with Crippen LogP contribution in [0.2, 0.25) is 0 Å². The molecule has 0 saturated carbocycles. The van der Waals surface area contributed by atoms with E-state index in [4.69, 9.17) is 19.8 Å². The highest BCUT2D eigenvalue weighted by Crippen LogP contribution is 2.41. The number of nitrogens with zero attached hydrogens (tertiary/aromatic N) is 5. The Hall–Kier alpha value is -4.76. The number of aryl methyl sites for hydroxylation is 2. The van der Waals surface area contributed by atoms with Gasteiger partial charge in [-0.2, -0.15) is 26.3 Å². The lowest BCUT2D eigenvalue weighted by Crippen LogP contribution is -2.50. The third-order valence-electron chi connectivity index (χ3n) is 7.33. The predicted octanol–water partition coefficient (Wildman–Crippen LogP) is 5.13. The van der Waals surface area contributed by atoms with Crippen LogP contribution in [0.15, 0.2) is 54.9 Å². The van der Waals surface area contributed by atoms with Gasteiger partial charge in [-0.3, -0.25) is 9.78 Å². The molecular formula is C30H31F6N5O5. The highest BCUT2D eigenvalue weighted by molar-refractivity contribution is 5.84. The number of aliphatic carboxylic acids is 2. The summed E-state index contributed by atoms with van der Waals surface area (Å²) in [5.41, 5.74) is 5.26. The number of carbonyl (C=O) groups is 3. The van der Waals surface area contributed by atoms with Crippen molar-refractivity contribution in [1.29, 1.82) is 0 Å². The number of carboxylic acid groups (broad SMARTS) is 2. The number of anilines is 1. The molecule has 0 unspecified atom stereocenters. The second kappa shape index (κ2) is 14.6. The van der Waals surface area contributed by atoms with Crippen molar-refractivity contribution in [1.82, 2.24) is 19.9 Å². The van der Waals surface area contributed by atoms with Crippen LogP contribution in [0.25, 0.3) is 0 Å². The van der Waals surface area contributed by atoms with Crippen LogP contribution in [-0.2, 0) is 33.9 Å². The maximum atomic E-state index is 14.0. The number of hydrogen-bond donors (Lipinski definition) is 2. The smallest absolute Gasteiger partial charge is 0.475 e. The van der Waals surface area contributed by atoms with E-state index in [0.717, 1.165) is 55.3 Å². The second-order valence-corrected chi connectivity index (χ2v) is 10.8. The Bertz CT molecular complexity index is 1480. The summed E-state index contributed by atoms with van der Waals surface area (Å²) in [6.45, 7) is 6.86. The van der Waals surface area contributed by atoms with Gasteiger partial charge >= 0.3 is 24.3 Å². The van der Waals surface area contributed by atoms with E-state index in [0.29, 0.717) is 13.1 Å². The van der Waals surface area contributed by atoms with E-state index in [1.54, 1.807) is 12.4 Å². The zero-order valence-electron chi connectivity index (χ0n) is 24.8. The fourth-order valence-corrected chi connectivity index (χ4v) is 5.15. The SMILES string of the molecule is Cc1cc(C)nc(N2CCC3(CC2)Cc2ccccc2CN(Cc2ccncc2)C3=O)n1.O=C(O)C(F)(F)F.O=C(O)C(F)(F)F. The molecule has 4 heterocycles. The molecule has 1 fully saturated rings. The van der Waals surface area contributed by atoms with Crippen LogP contribution in [0.1, 0.15) is 40.9 Å². The third-order valence-corrected chi connectivity index (χ3v) is 7.33. The summed E-state index contributed by atoms with van der Waals surface area (Å²) < 4.78 is 63.5. The highest BCUT2D eigenvalue weighted by Gasteiger charge is 2.46. The highest BCUT2D eigenvalue weighted by atomic mass is 19.4. The van der Waals surface area contributed by atoms with Gasteiger partial charge in [0.25, 0.3) is 0 Å². The van der Waals surface area contributed by atoms with Crippen molar-refractivity contribution >= 4 is 23.8 Å². The van der Waals surface area contributed by atoms with Crippen LogP contribution in [0, 0.1) is 19.3 Å². The standard InChI is InChI=1S/C26H29N5O.2C2HF3O2/c1-19-15-20(2)29-25(28-19)30-13-9-26(10-14-30)16-22-5-3-4-6-23(22)18-31(24(26)32)17-21-7-11-27-12-8-21;2*3-2(4,5)1(6)7/h3-8,11-12,15H,9-10,13-14,16-18H2,1-2H3;2*(H,6,7). The number of rotatable bonds is 3. The molecule has 248 valence electrons. The fraction of sp³-hybridized carbons (Fsp3) is 0.400. The Morgan fingerprint density at radius 1 is 0.848 bits per heavy atom. The Labute approximate surface area is 259 Å². The molecular weight excluding hydrogens is 624 g/mol. The molecule has 0 aliphatic carbocycles. The summed E-state index contributed by atoms with van der Waals surface area (Å²) in [7, 11) is 0. The van der Waals surface area contributed by atoms with Gasteiger partial charge in [0, 0.05) is 50.0 Å². The van der Waals surface area contributed by atoms with Gasteiger partial charge in [0.1, 0.15) is 0 Å². The van der Waals surface area contributed by atoms with Crippen LogP contribution < -0.4 is 4.90 Å². The first-order valence-electron chi connectivity index (χ1n) is 13.8. The number of carbonyl (C=O) groups excluding carboxylic acids is 1. The lowest BCUT2D eigenvalue weighted by molar-refractivity contribution is -0.193. The molecule has 1 spiro atoms. The van der Waals surface area contributed by atoms with Crippen LogP contribution in [-0.4, -0.2) is 73.4 Å². The Balaban J connectivity index is 0.000000345. The van der Waals surface area contributed by atoms with E-state index in [9.17, 15) is 31.1 Å². The zero-order chi connectivity index (χ0) is 34.3. The van der Waals surface area contributed by atoms with Gasteiger partial charge in [-0.1, -0.05) is 24.3 Å². The summed E-state index contributed by atoms with van der Waals surface area (Å²) >= 11 is 0. The Kier molecular flexibility index (Phi) is 11.3. The number of pyridine rings is 1. The molecule has 16 heteroatoms. The normalized spacial score (nSPS) is 15.9. The molecule has 1 amide bonds. The summed E-state index contributed by atoms with van der Waals surface area (Å²) in [4.78, 5) is 49.5. The van der Waals surface area contributed by atoms with Gasteiger partial charge < -0.3 is 20.0 Å². The first-order valence-corrected chi connectivity index (χ1v) is 13.8. The number of halogens is 6. The summed E-state index contributed by atoms with van der Waals surface area (Å²) in [6.07, 6.45) is -4.16. The van der Waals surface area contributed by atoms with Crippen molar-refractivity contribution in [3.8, 4) is 0 Å². The van der Waals surface area contributed by atoms with Crippen molar-refractivity contribution in [2.45, 2.75) is 58.6 Å². The summed E-state index contributed by atoms with van der Waals surface area (Å²) in [5, 5.41) is 14.2. The number of fused-ring (bicyclic) bond motifs is 1. The minimum atomic E-state index is -5.08. The van der Waals surface area contributed by atoms with Crippen LogP contribution in [0.5, 0.6) is 0 Å². The number of aromatic nitrogens is 3. The van der Waals surface area contributed by atoms with Gasteiger partial charge in [0.15, 0.2) is 0 Å². The fourth-order valence-electron chi connectivity index (χ4n) is 5.15. The maximum Gasteiger partial charge on any atom is 0.490 e. The Morgan fingerprint density at radius 3 is 1.80 bits per heavy atom. The molecule has 2 aliphatic rings. The number of piperidine rings is 1. The van der Waals surface area contributed by atoms with Crippen LogP contribution in [0.3, 0.4) is 0 Å². The lowest BCUT2D eigenvalue weighted by Gasteiger charge is -2.42. The van der Waals surface area contributed by atoms with Gasteiger partial charge in [0.05, 0.1) is 5.41 Å². The van der Waals surface area contributed by atoms with Crippen molar-refractivity contribution in [3.63, 3.8) is 0 Å². The average Bonchev–Trinajstić information content (AvgIpc) is 3.07. The topological polar surface area (TPSA) is 137 Å².